The normalized spacial score (nSPS) is 23.2. The predicted molar refractivity (Wildman–Crippen MR) is 48.1 cm³/mol. The molecule has 1 N–H and O–H groups in total. The van der Waals surface area contributed by atoms with E-state index in [4.69, 9.17) is 4.42 Å². The average molecular weight is 165 g/mol. The van der Waals surface area contributed by atoms with Crippen LogP contribution < -0.4 is 5.32 Å². The molecule has 0 saturated carbocycles. The van der Waals surface area contributed by atoms with Crippen LogP contribution in [0.3, 0.4) is 0 Å². The summed E-state index contributed by atoms with van der Waals surface area (Å²) in [4.78, 5) is 0. The van der Waals surface area contributed by atoms with Crippen molar-refractivity contribution in [3.05, 3.63) is 23.7 Å². The van der Waals surface area contributed by atoms with E-state index in [1.165, 1.54) is 13.0 Å². The third kappa shape index (κ3) is 1.69. The van der Waals surface area contributed by atoms with Crippen molar-refractivity contribution in [3.63, 3.8) is 0 Å². The molecule has 0 radical (unpaired) electrons. The maximum Gasteiger partial charge on any atom is 0.104 e. The molecule has 12 heavy (non-hydrogen) atoms. The van der Waals surface area contributed by atoms with E-state index in [0.717, 1.165) is 30.4 Å². The van der Waals surface area contributed by atoms with Gasteiger partial charge in [-0.3, -0.25) is 0 Å². The lowest BCUT2D eigenvalue weighted by atomic mass is 10.0. The zero-order valence-corrected chi connectivity index (χ0v) is 7.47. The molecule has 0 unspecified atom stereocenters. The Morgan fingerprint density at radius 3 is 3.08 bits per heavy atom. The van der Waals surface area contributed by atoms with Crippen molar-refractivity contribution >= 4 is 0 Å². The zero-order valence-electron chi connectivity index (χ0n) is 7.47. The van der Waals surface area contributed by atoms with Crippen LogP contribution in [0.1, 0.15) is 17.9 Å². The van der Waals surface area contributed by atoms with Gasteiger partial charge in [0.15, 0.2) is 0 Å². The van der Waals surface area contributed by atoms with Crippen LogP contribution in [-0.4, -0.2) is 13.1 Å². The Balaban J connectivity index is 1.94. The first-order valence-electron chi connectivity index (χ1n) is 4.60. The monoisotopic (exact) mass is 165 g/mol. The molecule has 1 atom stereocenters. The molecule has 2 rings (SSSR count). The van der Waals surface area contributed by atoms with Crippen molar-refractivity contribution in [2.45, 2.75) is 19.8 Å². The molecule has 0 aliphatic carbocycles. The highest BCUT2D eigenvalue weighted by atomic mass is 16.3. The van der Waals surface area contributed by atoms with Gasteiger partial charge in [0.05, 0.1) is 0 Å². The van der Waals surface area contributed by atoms with Gasteiger partial charge < -0.3 is 9.73 Å². The minimum atomic E-state index is 0.788. The summed E-state index contributed by atoms with van der Waals surface area (Å²) in [6.07, 6.45) is 2.39. The fraction of sp³-hybridized carbons (Fsp3) is 0.600. The van der Waals surface area contributed by atoms with Gasteiger partial charge in [0, 0.05) is 6.42 Å². The minimum Gasteiger partial charge on any atom is -0.466 e. The average Bonchev–Trinajstić information content (AvgIpc) is 2.63. The predicted octanol–water partition coefficient (Wildman–Crippen LogP) is 1.74. The van der Waals surface area contributed by atoms with Crippen LogP contribution in [0.15, 0.2) is 16.5 Å². The second-order valence-corrected chi connectivity index (χ2v) is 3.58. The largest absolute Gasteiger partial charge is 0.466 e. The van der Waals surface area contributed by atoms with Crippen molar-refractivity contribution in [2.75, 3.05) is 13.1 Å². The first kappa shape index (κ1) is 7.87. The lowest BCUT2D eigenvalue weighted by molar-refractivity contribution is 0.440. The Labute approximate surface area is 73.0 Å². The highest BCUT2D eigenvalue weighted by Crippen LogP contribution is 2.16. The summed E-state index contributed by atoms with van der Waals surface area (Å²) in [6.45, 7) is 4.32. The van der Waals surface area contributed by atoms with Gasteiger partial charge in [-0.15, -0.1) is 0 Å². The molecular weight excluding hydrogens is 150 g/mol. The summed E-state index contributed by atoms with van der Waals surface area (Å²) in [7, 11) is 0. The quantitative estimate of drug-likeness (QED) is 0.722. The topological polar surface area (TPSA) is 25.2 Å². The molecule has 0 bridgehead atoms. The molecule has 1 fully saturated rings. The summed E-state index contributed by atoms with van der Waals surface area (Å²) >= 11 is 0. The maximum absolute atomic E-state index is 5.52. The van der Waals surface area contributed by atoms with E-state index in [0.29, 0.717) is 0 Å². The molecule has 1 aliphatic rings. The van der Waals surface area contributed by atoms with Gasteiger partial charge >= 0.3 is 0 Å². The molecule has 0 spiro atoms. The molecule has 2 heterocycles. The van der Waals surface area contributed by atoms with Crippen molar-refractivity contribution in [1.29, 1.82) is 0 Å². The van der Waals surface area contributed by atoms with E-state index in [1.807, 2.05) is 13.0 Å². The first-order chi connectivity index (χ1) is 5.84. The molecule has 2 nitrogen and oxygen atoms in total. The molecule has 1 saturated heterocycles. The molecule has 1 aromatic heterocycles. The number of hydrogen-bond donors (Lipinski definition) is 1. The summed E-state index contributed by atoms with van der Waals surface area (Å²) in [5, 5.41) is 3.36. The number of nitrogens with one attached hydrogen (secondary N) is 1. The second-order valence-electron chi connectivity index (χ2n) is 3.58. The number of furan rings is 1. The summed E-state index contributed by atoms with van der Waals surface area (Å²) < 4.78 is 5.52. The van der Waals surface area contributed by atoms with Crippen LogP contribution in [0.4, 0.5) is 0 Å². The molecule has 2 heteroatoms. The third-order valence-corrected chi connectivity index (χ3v) is 2.45. The van der Waals surface area contributed by atoms with Gasteiger partial charge in [-0.1, -0.05) is 0 Å². The van der Waals surface area contributed by atoms with E-state index in [2.05, 4.69) is 11.4 Å². The highest BCUT2D eigenvalue weighted by Gasteiger charge is 2.15. The molecule has 1 aliphatic heterocycles. The lowest BCUT2D eigenvalue weighted by Gasteiger charge is -2.03. The fourth-order valence-corrected chi connectivity index (χ4v) is 1.77. The summed E-state index contributed by atoms with van der Waals surface area (Å²) in [6, 6.07) is 4.13. The van der Waals surface area contributed by atoms with Crippen LogP contribution in [-0.2, 0) is 6.42 Å². The second kappa shape index (κ2) is 3.31. The zero-order chi connectivity index (χ0) is 8.39. The van der Waals surface area contributed by atoms with Gasteiger partial charge in [0.1, 0.15) is 11.5 Å². The van der Waals surface area contributed by atoms with Gasteiger partial charge in [-0.2, -0.15) is 0 Å². The third-order valence-electron chi connectivity index (χ3n) is 2.45. The Morgan fingerprint density at radius 1 is 1.58 bits per heavy atom. The van der Waals surface area contributed by atoms with Crippen LogP contribution >= 0.6 is 0 Å². The molecule has 0 amide bonds. The Bertz CT molecular complexity index is 248. The first-order valence-corrected chi connectivity index (χ1v) is 4.60. The fourth-order valence-electron chi connectivity index (χ4n) is 1.77. The van der Waals surface area contributed by atoms with E-state index in [-0.39, 0.29) is 0 Å². The van der Waals surface area contributed by atoms with Gasteiger partial charge in [-0.05, 0) is 44.5 Å². The van der Waals surface area contributed by atoms with E-state index < -0.39 is 0 Å². The minimum absolute atomic E-state index is 0.788. The Morgan fingerprint density at radius 2 is 2.50 bits per heavy atom. The van der Waals surface area contributed by atoms with Crippen LogP contribution in [0, 0.1) is 12.8 Å². The molecule has 0 aromatic carbocycles. The van der Waals surface area contributed by atoms with Crippen LogP contribution in [0.2, 0.25) is 0 Å². The van der Waals surface area contributed by atoms with Gasteiger partial charge in [0.25, 0.3) is 0 Å². The van der Waals surface area contributed by atoms with Gasteiger partial charge in [0.2, 0.25) is 0 Å². The van der Waals surface area contributed by atoms with Crippen LogP contribution in [0.25, 0.3) is 0 Å². The van der Waals surface area contributed by atoms with E-state index in [9.17, 15) is 0 Å². The van der Waals surface area contributed by atoms with Gasteiger partial charge in [-0.25, -0.2) is 0 Å². The maximum atomic E-state index is 5.52. The molecular formula is C10H15NO. The number of aryl methyl sites for hydroxylation is 1. The smallest absolute Gasteiger partial charge is 0.104 e. The Kier molecular flexibility index (Phi) is 2.17. The highest BCUT2D eigenvalue weighted by molar-refractivity contribution is 5.06. The standard InChI is InChI=1S/C10H15NO/c1-8-2-3-10(12-8)6-9-4-5-11-7-9/h2-3,9,11H,4-7H2,1H3/t9-/m0/s1. The SMILES string of the molecule is Cc1ccc(C[C@@H]2CCNC2)o1. The van der Waals surface area contributed by atoms with Crippen molar-refractivity contribution in [2.24, 2.45) is 5.92 Å². The lowest BCUT2D eigenvalue weighted by Crippen LogP contribution is -2.10. The molecule has 1 aromatic rings. The number of rotatable bonds is 2. The Hall–Kier alpha value is -0.760. The summed E-state index contributed by atoms with van der Waals surface area (Å²) in [5.74, 6) is 2.95. The van der Waals surface area contributed by atoms with Crippen molar-refractivity contribution in [3.8, 4) is 0 Å². The molecule has 66 valence electrons. The van der Waals surface area contributed by atoms with E-state index >= 15 is 0 Å². The van der Waals surface area contributed by atoms with Crippen molar-refractivity contribution < 1.29 is 4.42 Å². The van der Waals surface area contributed by atoms with Crippen molar-refractivity contribution in [1.82, 2.24) is 5.32 Å². The van der Waals surface area contributed by atoms with E-state index in [1.54, 1.807) is 0 Å². The summed E-state index contributed by atoms with van der Waals surface area (Å²) in [5.41, 5.74) is 0. The number of hydrogen-bond acceptors (Lipinski definition) is 2. The van der Waals surface area contributed by atoms with Crippen LogP contribution in [0.5, 0.6) is 0 Å².